The van der Waals surface area contributed by atoms with Crippen molar-refractivity contribution < 1.29 is 14.6 Å². The summed E-state index contributed by atoms with van der Waals surface area (Å²) >= 11 is 1.87. The van der Waals surface area contributed by atoms with Crippen LogP contribution in [0.4, 0.5) is 0 Å². The molecule has 2 atom stereocenters. The minimum absolute atomic E-state index is 0.0849. The molecule has 0 aromatic heterocycles. The Kier molecular flexibility index (Phi) is 6.84. The van der Waals surface area contributed by atoms with Crippen LogP contribution < -0.4 is 5.32 Å². The molecule has 2 N–H and O–H groups in total. The molecule has 0 aromatic carbocycles. The third kappa shape index (κ3) is 5.18. The second-order valence-electron chi connectivity index (χ2n) is 4.07. The van der Waals surface area contributed by atoms with Crippen molar-refractivity contribution in [3.05, 3.63) is 0 Å². The zero-order chi connectivity index (χ0) is 11.8. The lowest BCUT2D eigenvalue weighted by Crippen LogP contribution is -2.29. The molecule has 0 saturated carbocycles. The van der Waals surface area contributed by atoms with Gasteiger partial charge in [0.15, 0.2) is 6.10 Å². The second-order valence-corrected chi connectivity index (χ2v) is 5.05. The summed E-state index contributed by atoms with van der Waals surface area (Å²) in [5, 5.41) is 12.1. The van der Waals surface area contributed by atoms with E-state index in [1.165, 1.54) is 18.6 Å². The number of aliphatic carboxylic acids is 1. The smallest absolute Gasteiger partial charge is 0.332 e. The van der Waals surface area contributed by atoms with Crippen molar-refractivity contribution >= 4 is 17.7 Å². The number of carboxylic acids is 1. The van der Waals surface area contributed by atoms with Crippen molar-refractivity contribution in [2.24, 2.45) is 0 Å². The number of unbranched alkanes of at least 4 members (excludes halogenated alkanes) is 1. The SMILES string of the molecule is CSCCCCNCC1CCC(C(=O)O)O1. The van der Waals surface area contributed by atoms with Crippen molar-refractivity contribution in [3.8, 4) is 0 Å². The van der Waals surface area contributed by atoms with E-state index in [2.05, 4.69) is 11.6 Å². The van der Waals surface area contributed by atoms with E-state index in [4.69, 9.17) is 9.84 Å². The molecule has 0 spiro atoms. The van der Waals surface area contributed by atoms with Crippen LogP contribution in [-0.4, -0.2) is 48.4 Å². The van der Waals surface area contributed by atoms with Gasteiger partial charge in [-0.05, 0) is 44.2 Å². The lowest BCUT2D eigenvalue weighted by Gasteiger charge is -2.12. The summed E-state index contributed by atoms with van der Waals surface area (Å²) in [5.74, 6) is 0.380. The molecular formula is C11H21NO3S. The summed E-state index contributed by atoms with van der Waals surface area (Å²) in [4.78, 5) is 10.6. The molecule has 0 bridgehead atoms. The van der Waals surface area contributed by atoms with Gasteiger partial charge in [-0.25, -0.2) is 4.79 Å². The Labute approximate surface area is 101 Å². The fourth-order valence-corrected chi connectivity index (χ4v) is 2.29. The monoisotopic (exact) mass is 247 g/mol. The van der Waals surface area contributed by atoms with Crippen LogP contribution in [0.3, 0.4) is 0 Å². The van der Waals surface area contributed by atoms with E-state index in [0.29, 0.717) is 6.42 Å². The van der Waals surface area contributed by atoms with Gasteiger partial charge < -0.3 is 15.2 Å². The fourth-order valence-electron chi connectivity index (χ4n) is 1.80. The fraction of sp³-hybridized carbons (Fsp3) is 0.909. The highest BCUT2D eigenvalue weighted by molar-refractivity contribution is 7.98. The second kappa shape index (κ2) is 7.92. The number of hydrogen-bond donors (Lipinski definition) is 2. The van der Waals surface area contributed by atoms with E-state index in [0.717, 1.165) is 19.5 Å². The van der Waals surface area contributed by atoms with Crippen molar-refractivity contribution in [1.82, 2.24) is 5.32 Å². The maximum absolute atomic E-state index is 10.6. The van der Waals surface area contributed by atoms with E-state index in [-0.39, 0.29) is 6.10 Å². The van der Waals surface area contributed by atoms with E-state index >= 15 is 0 Å². The van der Waals surface area contributed by atoms with Crippen LogP contribution in [0.5, 0.6) is 0 Å². The van der Waals surface area contributed by atoms with Crippen molar-refractivity contribution in [2.75, 3.05) is 25.1 Å². The predicted molar refractivity (Wildman–Crippen MR) is 66.0 cm³/mol. The summed E-state index contributed by atoms with van der Waals surface area (Å²) < 4.78 is 5.38. The van der Waals surface area contributed by atoms with Gasteiger partial charge in [0, 0.05) is 6.54 Å². The molecule has 1 saturated heterocycles. The summed E-state index contributed by atoms with van der Waals surface area (Å²) in [5.41, 5.74) is 0. The van der Waals surface area contributed by atoms with Gasteiger partial charge in [-0.3, -0.25) is 0 Å². The van der Waals surface area contributed by atoms with E-state index < -0.39 is 12.1 Å². The van der Waals surface area contributed by atoms with E-state index in [1.807, 2.05) is 11.8 Å². The largest absolute Gasteiger partial charge is 0.479 e. The lowest BCUT2D eigenvalue weighted by atomic mass is 10.2. The number of ether oxygens (including phenoxy) is 1. The molecule has 0 aliphatic carbocycles. The Morgan fingerprint density at radius 3 is 2.94 bits per heavy atom. The quantitative estimate of drug-likeness (QED) is 0.634. The standard InChI is InChI=1S/C11H21NO3S/c1-16-7-3-2-6-12-8-9-4-5-10(15-9)11(13)14/h9-10,12H,2-8H2,1H3,(H,13,14). The third-order valence-corrected chi connectivity index (χ3v) is 3.40. The number of hydrogen-bond acceptors (Lipinski definition) is 4. The summed E-state index contributed by atoms with van der Waals surface area (Å²) in [6.07, 6.45) is 5.53. The molecule has 1 aliphatic heterocycles. The number of rotatable bonds is 8. The average Bonchev–Trinajstić information content (AvgIpc) is 2.72. The summed E-state index contributed by atoms with van der Waals surface area (Å²) in [6.45, 7) is 1.78. The Balaban J connectivity index is 1.96. The van der Waals surface area contributed by atoms with Crippen molar-refractivity contribution in [2.45, 2.75) is 37.9 Å². The van der Waals surface area contributed by atoms with Crippen molar-refractivity contribution in [1.29, 1.82) is 0 Å². The van der Waals surface area contributed by atoms with Crippen LogP contribution in [0.15, 0.2) is 0 Å². The first kappa shape index (κ1) is 13.8. The predicted octanol–water partition coefficient (Wildman–Crippen LogP) is 1.35. The van der Waals surface area contributed by atoms with Gasteiger partial charge in [-0.1, -0.05) is 0 Å². The highest BCUT2D eigenvalue weighted by Gasteiger charge is 2.29. The van der Waals surface area contributed by atoms with Gasteiger partial charge in [0.1, 0.15) is 0 Å². The average molecular weight is 247 g/mol. The molecule has 0 radical (unpaired) electrons. The minimum atomic E-state index is -0.831. The normalized spacial score (nSPS) is 24.8. The molecular weight excluding hydrogens is 226 g/mol. The molecule has 1 rings (SSSR count). The van der Waals surface area contributed by atoms with E-state index in [1.54, 1.807) is 0 Å². The van der Waals surface area contributed by atoms with Crippen LogP contribution >= 0.6 is 11.8 Å². The van der Waals surface area contributed by atoms with Crippen LogP contribution in [0.1, 0.15) is 25.7 Å². The van der Waals surface area contributed by atoms with E-state index in [9.17, 15) is 4.79 Å². The number of nitrogens with one attached hydrogen (secondary N) is 1. The molecule has 94 valence electrons. The Bertz CT molecular complexity index is 213. The summed E-state index contributed by atoms with van der Waals surface area (Å²) in [6, 6.07) is 0. The summed E-state index contributed by atoms with van der Waals surface area (Å²) in [7, 11) is 0. The number of carbonyl (C=O) groups is 1. The Morgan fingerprint density at radius 1 is 1.50 bits per heavy atom. The number of carboxylic acid groups (broad SMARTS) is 1. The maximum Gasteiger partial charge on any atom is 0.332 e. The van der Waals surface area contributed by atoms with Gasteiger partial charge in [0.25, 0.3) is 0 Å². The highest BCUT2D eigenvalue weighted by Crippen LogP contribution is 2.19. The first-order valence-corrected chi connectivity index (χ1v) is 7.21. The molecule has 4 nitrogen and oxygen atoms in total. The first-order valence-electron chi connectivity index (χ1n) is 5.82. The van der Waals surface area contributed by atoms with Gasteiger partial charge in [-0.15, -0.1) is 0 Å². The molecule has 1 heterocycles. The number of thioether (sulfide) groups is 1. The lowest BCUT2D eigenvalue weighted by molar-refractivity contribution is -0.149. The minimum Gasteiger partial charge on any atom is -0.479 e. The molecule has 5 heteroatoms. The molecule has 1 aliphatic rings. The van der Waals surface area contributed by atoms with Crippen LogP contribution in [0.2, 0.25) is 0 Å². The van der Waals surface area contributed by atoms with Crippen LogP contribution in [-0.2, 0) is 9.53 Å². The zero-order valence-electron chi connectivity index (χ0n) is 9.78. The molecule has 16 heavy (non-hydrogen) atoms. The maximum atomic E-state index is 10.6. The Morgan fingerprint density at radius 2 is 2.31 bits per heavy atom. The van der Waals surface area contributed by atoms with Crippen LogP contribution in [0.25, 0.3) is 0 Å². The zero-order valence-corrected chi connectivity index (χ0v) is 10.6. The molecule has 1 fully saturated rings. The highest BCUT2D eigenvalue weighted by atomic mass is 32.2. The van der Waals surface area contributed by atoms with Crippen molar-refractivity contribution in [3.63, 3.8) is 0 Å². The van der Waals surface area contributed by atoms with Gasteiger partial charge in [0.2, 0.25) is 0 Å². The molecule has 0 amide bonds. The first-order chi connectivity index (χ1) is 7.74. The van der Waals surface area contributed by atoms with Gasteiger partial charge >= 0.3 is 5.97 Å². The van der Waals surface area contributed by atoms with Gasteiger partial charge in [-0.2, -0.15) is 11.8 Å². The third-order valence-electron chi connectivity index (χ3n) is 2.71. The van der Waals surface area contributed by atoms with Gasteiger partial charge in [0.05, 0.1) is 6.10 Å². The Hall–Kier alpha value is -0.260. The topological polar surface area (TPSA) is 58.6 Å². The molecule has 0 aromatic rings. The molecule has 2 unspecified atom stereocenters. The van der Waals surface area contributed by atoms with Crippen LogP contribution in [0, 0.1) is 0 Å².